The van der Waals surface area contributed by atoms with E-state index in [0.717, 1.165) is 25.7 Å². The summed E-state index contributed by atoms with van der Waals surface area (Å²) in [6.07, 6.45) is 10.5. The van der Waals surface area contributed by atoms with Crippen LogP contribution in [-0.2, 0) is 9.59 Å². The fourth-order valence-electron chi connectivity index (χ4n) is 2.88. The standard InChI is InChI=1S/C15H23NO3/c1-3-5-6-7-9-13(17)16-12-8-11-15(16,10-4-2)14(18)19/h1H,4-12H2,2H3,(H,18,19). The van der Waals surface area contributed by atoms with Crippen LogP contribution in [0.25, 0.3) is 0 Å². The van der Waals surface area contributed by atoms with Crippen LogP contribution in [0.1, 0.15) is 58.3 Å². The number of carbonyl (C=O) groups is 2. The molecule has 0 saturated carbocycles. The Hall–Kier alpha value is -1.50. The van der Waals surface area contributed by atoms with Gasteiger partial charge in [0.25, 0.3) is 0 Å². The third kappa shape index (κ3) is 3.50. The van der Waals surface area contributed by atoms with E-state index in [1.165, 1.54) is 0 Å². The van der Waals surface area contributed by atoms with Crippen molar-refractivity contribution in [3.05, 3.63) is 0 Å². The highest BCUT2D eigenvalue weighted by molar-refractivity contribution is 5.87. The number of aliphatic carboxylic acids is 1. The normalized spacial score (nSPS) is 22.2. The maximum absolute atomic E-state index is 12.2. The van der Waals surface area contributed by atoms with Crippen LogP contribution in [0.2, 0.25) is 0 Å². The predicted octanol–water partition coefficient (Wildman–Crippen LogP) is 2.43. The molecular weight excluding hydrogens is 242 g/mol. The lowest BCUT2D eigenvalue weighted by Gasteiger charge is -2.34. The van der Waals surface area contributed by atoms with Gasteiger partial charge in [0, 0.05) is 19.4 Å². The van der Waals surface area contributed by atoms with Gasteiger partial charge in [-0.2, -0.15) is 0 Å². The van der Waals surface area contributed by atoms with Gasteiger partial charge in [0.1, 0.15) is 5.54 Å². The summed E-state index contributed by atoms with van der Waals surface area (Å²) in [5, 5.41) is 9.50. The number of carboxylic acid groups (broad SMARTS) is 1. The SMILES string of the molecule is C#CCCCCC(=O)N1CCCC1(CCC)C(=O)O. The van der Waals surface area contributed by atoms with E-state index in [9.17, 15) is 14.7 Å². The number of nitrogens with zero attached hydrogens (tertiary/aromatic N) is 1. The Morgan fingerprint density at radius 1 is 1.42 bits per heavy atom. The van der Waals surface area contributed by atoms with Crippen LogP contribution in [0.4, 0.5) is 0 Å². The van der Waals surface area contributed by atoms with E-state index >= 15 is 0 Å². The van der Waals surface area contributed by atoms with E-state index in [1.54, 1.807) is 4.90 Å². The second kappa shape index (κ2) is 7.18. The van der Waals surface area contributed by atoms with Gasteiger partial charge in [-0.3, -0.25) is 4.79 Å². The van der Waals surface area contributed by atoms with Crippen molar-refractivity contribution in [3.8, 4) is 12.3 Å². The second-order valence-corrected chi connectivity index (χ2v) is 5.15. The average molecular weight is 265 g/mol. The quantitative estimate of drug-likeness (QED) is 0.568. The Morgan fingerprint density at radius 3 is 2.74 bits per heavy atom. The van der Waals surface area contributed by atoms with Crippen molar-refractivity contribution in [1.82, 2.24) is 4.90 Å². The summed E-state index contributed by atoms with van der Waals surface area (Å²) < 4.78 is 0. The number of hydrogen-bond acceptors (Lipinski definition) is 2. The molecule has 1 unspecified atom stereocenters. The minimum absolute atomic E-state index is 0.0367. The monoisotopic (exact) mass is 265 g/mol. The van der Waals surface area contributed by atoms with E-state index in [0.29, 0.717) is 32.2 Å². The van der Waals surface area contributed by atoms with Crippen molar-refractivity contribution >= 4 is 11.9 Å². The molecule has 0 aliphatic carbocycles. The first-order valence-electron chi connectivity index (χ1n) is 7.06. The molecule has 1 aliphatic rings. The number of unbranched alkanes of at least 4 members (excludes halogenated alkanes) is 2. The van der Waals surface area contributed by atoms with E-state index in [2.05, 4.69) is 5.92 Å². The average Bonchev–Trinajstić information content (AvgIpc) is 2.80. The van der Waals surface area contributed by atoms with E-state index in [4.69, 9.17) is 6.42 Å². The minimum atomic E-state index is -0.960. The van der Waals surface area contributed by atoms with E-state index in [1.807, 2.05) is 6.92 Å². The molecule has 1 aliphatic heterocycles. The molecule has 19 heavy (non-hydrogen) atoms. The lowest BCUT2D eigenvalue weighted by molar-refractivity contribution is -0.157. The number of likely N-dealkylation sites (tertiary alicyclic amines) is 1. The van der Waals surface area contributed by atoms with Gasteiger partial charge < -0.3 is 10.0 Å². The van der Waals surface area contributed by atoms with E-state index in [-0.39, 0.29) is 5.91 Å². The van der Waals surface area contributed by atoms with E-state index < -0.39 is 11.5 Å². The van der Waals surface area contributed by atoms with Crippen LogP contribution in [0, 0.1) is 12.3 Å². The highest BCUT2D eigenvalue weighted by atomic mass is 16.4. The van der Waals surface area contributed by atoms with Gasteiger partial charge in [-0.05, 0) is 32.1 Å². The van der Waals surface area contributed by atoms with Crippen LogP contribution in [0.15, 0.2) is 0 Å². The summed E-state index contributed by atoms with van der Waals surface area (Å²) in [6.45, 7) is 2.53. The van der Waals surface area contributed by atoms with Crippen molar-refractivity contribution in [3.63, 3.8) is 0 Å². The van der Waals surface area contributed by atoms with Gasteiger partial charge in [-0.1, -0.05) is 13.3 Å². The predicted molar refractivity (Wildman–Crippen MR) is 73.5 cm³/mol. The first-order valence-corrected chi connectivity index (χ1v) is 7.06. The number of terminal acetylenes is 1. The number of rotatable bonds is 7. The molecule has 1 amide bonds. The Kier molecular flexibility index (Phi) is 5.88. The molecule has 4 heteroatoms. The Bertz CT molecular complexity index is 372. The number of carbonyl (C=O) groups excluding carboxylic acids is 1. The van der Waals surface area contributed by atoms with Crippen molar-refractivity contribution < 1.29 is 14.7 Å². The lowest BCUT2D eigenvalue weighted by Crippen LogP contribution is -2.53. The van der Waals surface area contributed by atoms with Crippen LogP contribution in [-0.4, -0.2) is 34.0 Å². The van der Waals surface area contributed by atoms with Crippen molar-refractivity contribution in [2.45, 2.75) is 63.8 Å². The molecule has 0 radical (unpaired) electrons. The summed E-state index contributed by atoms with van der Waals surface area (Å²) in [5.74, 6) is 1.65. The van der Waals surface area contributed by atoms with Crippen molar-refractivity contribution in [1.29, 1.82) is 0 Å². The molecule has 0 bridgehead atoms. The van der Waals surface area contributed by atoms with Gasteiger partial charge in [-0.25, -0.2) is 4.79 Å². The molecular formula is C15H23NO3. The zero-order valence-electron chi connectivity index (χ0n) is 11.7. The van der Waals surface area contributed by atoms with Gasteiger partial charge in [-0.15, -0.1) is 12.3 Å². The zero-order valence-corrected chi connectivity index (χ0v) is 11.7. The summed E-state index contributed by atoms with van der Waals surface area (Å²) in [4.78, 5) is 25.4. The molecule has 1 rings (SSSR count). The van der Waals surface area contributed by atoms with Crippen LogP contribution in [0.3, 0.4) is 0 Å². The van der Waals surface area contributed by atoms with Gasteiger partial charge in [0.15, 0.2) is 0 Å². The largest absolute Gasteiger partial charge is 0.479 e. The molecule has 1 heterocycles. The minimum Gasteiger partial charge on any atom is -0.479 e. The third-order valence-corrected chi connectivity index (χ3v) is 3.81. The van der Waals surface area contributed by atoms with Gasteiger partial charge in [0.2, 0.25) is 5.91 Å². The summed E-state index contributed by atoms with van der Waals surface area (Å²) in [5.41, 5.74) is -0.960. The van der Waals surface area contributed by atoms with Crippen LogP contribution < -0.4 is 0 Å². The molecule has 1 atom stereocenters. The lowest BCUT2D eigenvalue weighted by atomic mass is 9.90. The highest BCUT2D eigenvalue weighted by Crippen LogP contribution is 2.34. The Morgan fingerprint density at radius 2 is 2.16 bits per heavy atom. The van der Waals surface area contributed by atoms with Crippen LogP contribution >= 0.6 is 0 Å². The number of carboxylic acids is 1. The fraction of sp³-hybridized carbons (Fsp3) is 0.733. The molecule has 4 nitrogen and oxygen atoms in total. The maximum Gasteiger partial charge on any atom is 0.329 e. The third-order valence-electron chi connectivity index (χ3n) is 3.81. The van der Waals surface area contributed by atoms with Crippen molar-refractivity contribution in [2.24, 2.45) is 0 Å². The molecule has 0 aromatic carbocycles. The molecule has 0 aromatic rings. The highest BCUT2D eigenvalue weighted by Gasteiger charge is 2.48. The van der Waals surface area contributed by atoms with Gasteiger partial charge in [0.05, 0.1) is 0 Å². The first kappa shape index (κ1) is 15.6. The molecule has 1 fully saturated rings. The maximum atomic E-state index is 12.2. The summed E-state index contributed by atoms with van der Waals surface area (Å²) in [6, 6.07) is 0. The summed E-state index contributed by atoms with van der Waals surface area (Å²) in [7, 11) is 0. The Balaban J connectivity index is 2.66. The number of amides is 1. The summed E-state index contributed by atoms with van der Waals surface area (Å²) >= 11 is 0. The first-order chi connectivity index (χ1) is 9.08. The molecule has 0 spiro atoms. The molecule has 0 aromatic heterocycles. The second-order valence-electron chi connectivity index (χ2n) is 5.15. The van der Waals surface area contributed by atoms with Gasteiger partial charge >= 0.3 is 5.97 Å². The van der Waals surface area contributed by atoms with Crippen molar-refractivity contribution in [2.75, 3.05) is 6.54 Å². The number of hydrogen-bond donors (Lipinski definition) is 1. The molecule has 1 N–H and O–H groups in total. The molecule has 106 valence electrons. The topological polar surface area (TPSA) is 57.6 Å². The smallest absolute Gasteiger partial charge is 0.329 e. The molecule has 1 saturated heterocycles. The zero-order chi connectivity index (χ0) is 14.3. The van der Waals surface area contributed by atoms with Crippen LogP contribution in [0.5, 0.6) is 0 Å². The Labute approximate surface area is 115 Å². The fourth-order valence-corrected chi connectivity index (χ4v) is 2.88.